The first kappa shape index (κ1) is 15.4. The van der Waals surface area contributed by atoms with E-state index < -0.39 is 0 Å². The van der Waals surface area contributed by atoms with Crippen molar-refractivity contribution in [3.8, 4) is 0 Å². The third kappa shape index (κ3) is 4.52. The molecule has 0 aromatic heterocycles. The van der Waals surface area contributed by atoms with Crippen LogP contribution in [0.2, 0.25) is 0 Å². The first-order valence-electron chi connectivity index (χ1n) is 8.05. The summed E-state index contributed by atoms with van der Waals surface area (Å²) in [5.74, 6) is 1.78. The molecule has 0 spiro atoms. The minimum Gasteiger partial charge on any atom is -0.382 e. The van der Waals surface area contributed by atoms with Crippen LogP contribution in [0.5, 0.6) is 0 Å². The fraction of sp³-hybridized carbons (Fsp3) is 0.667. The molecule has 0 unspecified atom stereocenters. The van der Waals surface area contributed by atoms with Crippen molar-refractivity contribution in [1.29, 1.82) is 0 Å². The van der Waals surface area contributed by atoms with Crippen molar-refractivity contribution >= 4 is 5.69 Å². The summed E-state index contributed by atoms with van der Waals surface area (Å²) in [6.45, 7) is 5.74. The summed E-state index contributed by atoms with van der Waals surface area (Å²) in [6, 6.07) is 9.55. The summed E-state index contributed by atoms with van der Waals surface area (Å²) in [6.07, 6.45) is 5.40. The van der Waals surface area contributed by atoms with Crippen molar-refractivity contribution < 1.29 is 0 Å². The molecule has 1 N–H and O–H groups in total. The molecule has 0 saturated heterocycles. The number of anilines is 1. The van der Waals surface area contributed by atoms with Gasteiger partial charge < -0.3 is 10.2 Å². The molecule has 1 fully saturated rings. The fourth-order valence-electron chi connectivity index (χ4n) is 3.29. The number of hydrogen-bond acceptors (Lipinski definition) is 2. The first-order chi connectivity index (χ1) is 9.54. The molecule has 20 heavy (non-hydrogen) atoms. The van der Waals surface area contributed by atoms with Crippen molar-refractivity contribution in [2.75, 3.05) is 19.4 Å². The van der Waals surface area contributed by atoms with Crippen molar-refractivity contribution in [2.24, 2.45) is 11.8 Å². The molecule has 0 amide bonds. The van der Waals surface area contributed by atoms with Gasteiger partial charge in [0.1, 0.15) is 0 Å². The summed E-state index contributed by atoms with van der Waals surface area (Å²) >= 11 is 0. The molecule has 0 heterocycles. The summed E-state index contributed by atoms with van der Waals surface area (Å²) in [7, 11) is 4.24. The highest BCUT2D eigenvalue weighted by Crippen LogP contribution is 2.31. The van der Waals surface area contributed by atoms with Gasteiger partial charge in [0.2, 0.25) is 0 Å². The van der Waals surface area contributed by atoms with Gasteiger partial charge in [0, 0.05) is 18.3 Å². The molecule has 0 atom stereocenters. The molecule has 1 aliphatic rings. The van der Waals surface area contributed by atoms with E-state index in [9.17, 15) is 0 Å². The second-order valence-electron chi connectivity index (χ2n) is 6.94. The van der Waals surface area contributed by atoms with Crippen LogP contribution in [-0.2, 0) is 6.54 Å². The number of benzene rings is 1. The van der Waals surface area contributed by atoms with Gasteiger partial charge in [0.05, 0.1) is 0 Å². The lowest BCUT2D eigenvalue weighted by Gasteiger charge is -2.32. The van der Waals surface area contributed by atoms with Crippen LogP contribution >= 0.6 is 0 Å². The van der Waals surface area contributed by atoms with Crippen LogP contribution < -0.4 is 5.32 Å². The summed E-state index contributed by atoms with van der Waals surface area (Å²) in [4.78, 5) is 2.22. The summed E-state index contributed by atoms with van der Waals surface area (Å²) in [5.41, 5.74) is 2.67. The largest absolute Gasteiger partial charge is 0.382 e. The Bertz CT molecular complexity index is 404. The molecule has 112 valence electrons. The van der Waals surface area contributed by atoms with Gasteiger partial charge in [-0.3, -0.25) is 0 Å². The van der Waals surface area contributed by atoms with E-state index in [0.717, 1.165) is 18.4 Å². The zero-order valence-electron chi connectivity index (χ0n) is 13.5. The van der Waals surface area contributed by atoms with Crippen molar-refractivity contribution in [3.05, 3.63) is 29.8 Å². The average molecular weight is 274 g/mol. The molecule has 1 aromatic carbocycles. The quantitative estimate of drug-likeness (QED) is 0.857. The highest BCUT2D eigenvalue weighted by Gasteiger charge is 2.22. The van der Waals surface area contributed by atoms with E-state index in [0.29, 0.717) is 6.04 Å². The molecular formula is C18H30N2. The van der Waals surface area contributed by atoms with Gasteiger partial charge >= 0.3 is 0 Å². The second kappa shape index (κ2) is 7.12. The predicted octanol–water partition coefficient (Wildman–Crippen LogP) is 4.37. The molecule has 1 aliphatic carbocycles. The van der Waals surface area contributed by atoms with Crippen molar-refractivity contribution in [2.45, 2.75) is 52.1 Å². The lowest BCUT2D eigenvalue weighted by molar-refractivity contribution is 0.267. The molecule has 1 saturated carbocycles. The molecule has 2 heteroatoms. The Morgan fingerprint density at radius 2 is 1.85 bits per heavy atom. The number of nitrogens with zero attached hydrogens (tertiary/aromatic N) is 1. The number of nitrogens with one attached hydrogen (secondary N) is 1. The van der Waals surface area contributed by atoms with E-state index in [4.69, 9.17) is 0 Å². The number of hydrogen-bond donors (Lipinski definition) is 1. The van der Waals surface area contributed by atoms with Gasteiger partial charge in [0.15, 0.2) is 0 Å². The van der Waals surface area contributed by atoms with Crippen LogP contribution in [0.15, 0.2) is 24.3 Å². The lowest BCUT2D eigenvalue weighted by Crippen LogP contribution is -2.27. The van der Waals surface area contributed by atoms with E-state index in [-0.39, 0.29) is 0 Å². The smallest absolute Gasteiger partial charge is 0.0345 e. The van der Waals surface area contributed by atoms with Crippen LogP contribution in [0.3, 0.4) is 0 Å². The molecule has 2 nitrogen and oxygen atoms in total. The Morgan fingerprint density at radius 1 is 1.15 bits per heavy atom. The van der Waals surface area contributed by atoms with E-state index in [1.54, 1.807) is 0 Å². The molecule has 0 radical (unpaired) electrons. The summed E-state index contributed by atoms with van der Waals surface area (Å²) in [5, 5.41) is 3.74. The van der Waals surface area contributed by atoms with E-state index in [1.807, 2.05) is 0 Å². The highest BCUT2D eigenvalue weighted by atomic mass is 15.0. The van der Waals surface area contributed by atoms with Crippen molar-refractivity contribution in [3.63, 3.8) is 0 Å². The zero-order chi connectivity index (χ0) is 14.5. The molecular weight excluding hydrogens is 244 g/mol. The minimum absolute atomic E-state index is 0.666. The van der Waals surface area contributed by atoms with Crippen LogP contribution in [0.4, 0.5) is 5.69 Å². The SMILES string of the molecule is CC(C)C1CCC(Nc2cccc(CN(C)C)c2)CC1. The minimum atomic E-state index is 0.666. The maximum absolute atomic E-state index is 3.74. The zero-order valence-corrected chi connectivity index (χ0v) is 13.5. The maximum Gasteiger partial charge on any atom is 0.0345 e. The van der Waals surface area contributed by atoms with Crippen LogP contribution in [-0.4, -0.2) is 25.0 Å². The number of rotatable bonds is 5. The third-order valence-corrected chi connectivity index (χ3v) is 4.51. The fourth-order valence-corrected chi connectivity index (χ4v) is 3.29. The first-order valence-corrected chi connectivity index (χ1v) is 8.05. The van der Waals surface area contributed by atoms with E-state index >= 15 is 0 Å². The molecule has 0 aliphatic heterocycles. The van der Waals surface area contributed by atoms with Crippen molar-refractivity contribution in [1.82, 2.24) is 4.90 Å². The van der Waals surface area contributed by atoms with E-state index in [2.05, 4.69) is 62.4 Å². The normalized spacial score (nSPS) is 23.3. The van der Waals surface area contributed by atoms with Gasteiger partial charge in [-0.1, -0.05) is 26.0 Å². The van der Waals surface area contributed by atoms with Gasteiger partial charge in [0.25, 0.3) is 0 Å². The van der Waals surface area contributed by atoms with Crippen LogP contribution in [0.1, 0.15) is 45.1 Å². The Labute approximate surface area is 124 Å². The molecule has 0 bridgehead atoms. The monoisotopic (exact) mass is 274 g/mol. The van der Waals surface area contributed by atoms with E-state index in [1.165, 1.54) is 36.9 Å². The standard InChI is InChI=1S/C18H30N2/c1-14(2)16-8-10-17(11-9-16)19-18-7-5-6-15(12-18)13-20(3)4/h5-7,12,14,16-17,19H,8-11,13H2,1-4H3. The van der Waals surface area contributed by atoms with Gasteiger partial charge in [-0.05, 0) is 69.3 Å². The van der Waals surface area contributed by atoms with Gasteiger partial charge in [-0.2, -0.15) is 0 Å². The third-order valence-electron chi connectivity index (χ3n) is 4.51. The van der Waals surface area contributed by atoms with Gasteiger partial charge in [-0.25, -0.2) is 0 Å². The molecule has 2 rings (SSSR count). The highest BCUT2D eigenvalue weighted by molar-refractivity contribution is 5.46. The summed E-state index contributed by atoms with van der Waals surface area (Å²) < 4.78 is 0. The molecule has 1 aromatic rings. The second-order valence-corrected chi connectivity index (χ2v) is 6.94. The Hall–Kier alpha value is -1.02. The predicted molar refractivity (Wildman–Crippen MR) is 88.0 cm³/mol. The van der Waals surface area contributed by atoms with Crippen LogP contribution in [0, 0.1) is 11.8 Å². The lowest BCUT2D eigenvalue weighted by atomic mass is 9.79. The van der Waals surface area contributed by atoms with Crippen LogP contribution in [0.25, 0.3) is 0 Å². The topological polar surface area (TPSA) is 15.3 Å². The Morgan fingerprint density at radius 3 is 2.45 bits per heavy atom. The average Bonchev–Trinajstić information content (AvgIpc) is 2.39. The maximum atomic E-state index is 3.74. The Kier molecular flexibility index (Phi) is 5.47. The Balaban J connectivity index is 1.88. The van der Waals surface area contributed by atoms with Gasteiger partial charge in [-0.15, -0.1) is 0 Å².